The predicted octanol–water partition coefficient (Wildman–Crippen LogP) is -0.134. The van der Waals surface area contributed by atoms with E-state index in [0.29, 0.717) is 0 Å². The van der Waals surface area contributed by atoms with Gasteiger partial charge >= 0.3 is 0 Å². The molecule has 15 heavy (non-hydrogen) atoms. The van der Waals surface area contributed by atoms with Crippen molar-refractivity contribution in [3.05, 3.63) is 5.56 Å². The molecule has 84 valence electrons. The van der Waals surface area contributed by atoms with Crippen molar-refractivity contribution in [2.45, 2.75) is 6.61 Å². The Labute approximate surface area is 84.7 Å². The van der Waals surface area contributed by atoms with Gasteiger partial charge in [-0.3, -0.25) is 4.84 Å². The molecule has 7 nitrogen and oxygen atoms in total. The second kappa shape index (κ2) is 4.11. The van der Waals surface area contributed by atoms with Crippen LogP contribution in [0.2, 0.25) is 0 Å². The Morgan fingerprint density at radius 3 is 1.67 bits per heavy atom. The maximum absolute atomic E-state index is 9.32. The van der Waals surface area contributed by atoms with Crippen LogP contribution in [0, 0.1) is 0 Å². The fourth-order valence-corrected chi connectivity index (χ4v) is 1.02. The number of benzene rings is 1. The van der Waals surface area contributed by atoms with Crippen molar-refractivity contribution in [2.24, 2.45) is 0 Å². The number of aromatic hydroxyl groups is 5. The van der Waals surface area contributed by atoms with E-state index < -0.39 is 28.7 Å². The molecule has 0 aromatic heterocycles. The second-order valence-corrected chi connectivity index (χ2v) is 2.71. The zero-order valence-corrected chi connectivity index (χ0v) is 7.85. The average molecular weight is 217 g/mol. The molecule has 0 spiro atoms. The number of phenols is 5. The summed E-state index contributed by atoms with van der Waals surface area (Å²) in [4.78, 5) is 4.66. The lowest BCUT2D eigenvalue weighted by atomic mass is 10.1. The third-order valence-electron chi connectivity index (χ3n) is 1.83. The van der Waals surface area contributed by atoms with E-state index in [-0.39, 0.29) is 12.2 Å². The minimum atomic E-state index is -0.988. The Morgan fingerprint density at radius 1 is 0.867 bits per heavy atom. The zero-order chi connectivity index (χ0) is 11.6. The normalized spacial score (nSPS) is 10.5. The highest BCUT2D eigenvalue weighted by Crippen LogP contribution is 2.50. The van der Waals surface area contributed by atoms with Crippen LogP contribution in [0.5, 0.6) is 28.7 Å². The van der Waals surface area contributed by atoms with E-state index in [2.05, 4.69) is 10.3 Å². The van der Waals surface area contributed by atoms with Crippen molar-refractivity contribution in [1.82, 2.24) is 5.48 Å². The smallest absolute Gasteiger partial charge is 0.208 e. The Hall–Kier alpha value is -1.86. The molecule has 0 aliphatic carbocycles. The first-order chi connectivity index (χ1) is 7.00. The summed E-state index contributed by atoms with van der Waals surface area (Å²) in [6.07, 6.45) is 0. The number of rotatable bonds is 3. The topological polar surface area (TPSA) is 122 Å². The molecule has 0 saturated carbocycles. The van der Waals surface area contributed by atoms with Crippen molar-refractivity contribution >= 4 is 0 Å². The van der Waals surface area contributed by atoms with E-state index in [0.717, 1.165) is 0 Å². The molecule has 1 aromatic carbocycles. The summed E-state index contributed by atoms with van der Waals surface area (Å²) in [6.45, 7) is -0.296. The quantitative estimate of drug-likeness (QED) is 0.237. The summed E-state index contributed by atoms with van der Waals surface area (Å²) >= 11 is 0. The third-order valence-corrected chi connectivity index (χ3v) is 1.83. The van der Waals surface area contributed by atoms with Crippen LogP contribution in [0.25, 0.3) is 0 Å². The minimum Gasteiger partial charge on any atom is -0.504 e. The fourth-order valence-electron chi connectivity index (χ4n) is 1.02. The van der Waals surface area contributed by atoms with Gasteiger partial charge in [0.15, 0.2) is 11.5 Å². The molecule has 6 N–H and O–H groups in total. The summed E-state index contributed by atoms with van der Waals surface area (Å²) in [7, 11) is 1.45. The SMILES string of the molecule is CNOCc1c(O)c(O)c(O)c(O)c1O. The Kier molecular flexibility index (Phi) is 3.08. The van der Waals surface area contributed by atoms with Crippen molar-refractivity contribution in [3.63, 3.8) is 0 Å². The van der Waals surface area contributed by atoms with Gasteiger partial charge in [-0.25, -0.2) is 5.48 Å². The maximum atomic E-state index is 9.32. The molecule has 0 radical (unpaired) electrons. The number of phenolic OH excluding ortho intramolecular Hbond substituents is 5. The van der Waals surface area contributed by atoms with Crippen LogP contribution in [0.4, 0.5) is 0 Å². The van der Waals surface area contributed by atoms with E-state index in [1.807, 2.05) is 0 Å². The number of hydroxylamine groups is 1. The van der Waals surface area contributed by atoms with E-state index in [1.54, 1.807) is 0 Å². The van der Waals surface area contributed by atoms with Gasteiger partial charge in [0.25, 0.3) is 0 Å². The van der Waals surface area contributed by atoms with Gasteiger partial charge in [-0.15, -0.1) is 0 Å². The summed E-state index contributed by atoms with van der Waals surface area (Å²) in [5.74, 6) is -4.32. The first-order valence-corrected chi connectivity index (χ1v) is 3.96. The third kappa shape index (κ3) is 1.83. The molecule has 0 heterocycles. The van der Waals surface area contributed by atoms with Gasteiger partial charge in [0.2, 0.25) is 17.2 Å². The van der Waals surface area contributed by atoms with Crippen molar-refractivity contribution in [3.8, 4) is 28.7 Å². The van der Waals surface area contributed by atoms with E-state index in [4.69, 9.17) is 15.3 Å². The highest BCUT2D eigenvalue weighted by Gasteiger charge is 2.22. The van der Waals surface area contributed by atoms with Crippen LogP contribution in [0.3, 0.4) is 0 Å². The summed E-state index contributed by atoms with van der Waals surface area (Å²) in [5.41, 5.74) is 2.04. The first kappa shape index (κ1) is 11.2. The molecule has 0 amide bonds. The Balaban J connectivity index is 3.26. The predicted molar refractivity (Wildman–Crippen MR) is 48.6 cm³/mol. The highest BCUT2D eigenvalue weighted by molar-refractivity contribution is 5.67. The lowest BCUT2D eigenvalue weighted by Gasteiger charge is -2.11. The van der Waals surface area contributed by atoms with Gasteiger partial charge in [0.1, 0.15) is 6.61 Å². The lowest BCUT2D eigenvalue weighted by Crippen LogP contribution is -2.07. The summed E-state index contributed by atoms with van der Waals surface area (Å²) in [6, 6.07) is 0. The molecule has 0 saturated heterocycles. The monoisotopic (exact) mass is 217 g/mol. The molecular formula is C8H11NO6. The van der Waals surface area contributed by atoms with Gasteiger partial charge in [0, 0.05) is 7.05 Å². The molecule has 0 unspecified atom stereocenters. The molecule has 1 rings (SSSR count). The molecular weight excluding hydrogens is 206 g/mol. The highest BCUT2D eigenvalue weighted by atomic mass is 16.6. The van der Waals surface area contributed by atoms with Crippen LogP contribution in [-0.4, -0.2) is 32.6 Å². The lowest BCUT2D eigenvalue weighted by molar-refractivity contribution is 0.0417. The Bertz CT molecular complexity index is 349. The van der Waals surface area contributed by atoms with E-state index in [9.17, 15) is 10.2 Å². The summed E-state index contributed by atoms with van der Waals surface area (Å²) < 4.78 is 0. The standard InChI is InChI=1S/C8H11NO6/c1-9-15-2-3-4(10)6(12)8(14)7(13)5(3)11/h9-14H,2H2,1H3. The number of hydrogen-bond acceptors (Lipinski definition) is 7. The van der Waals surface area contributed by atoms with Gasteiger partial charge in [-0.2, -0.15) is 0 Å². The largest absolute Gasteiger partial charge is 0.504 e. The number of nitrogens with one attached hydrogen (secondary N) is 1. The Morgan fingerprint density at radius 2 is 1.27 bits per heavy atom. The minimum absolute atomic E-state index is 0.239. The van der Waals surface area contributed by atoms with E-state index in [1.165, 1.54) is 7.05 Å². The van der Waals surface area contributed by atoms with E-state index >= 15 is 0 Å². The maximum Gasteiger partial charge on any atom is 0.208 e. The molecule has 0 aliphatic rings. The van der Waals surface area contributed by atoms with Crippen LogP contribution >= 0.6 is 0 Å². The first-order valence-electron chi connectivity index (χ1n) is 3.96. The van der Waals surface area contributed by atoms with Crippen LogP contribution in [0.15, 0.2) is 0 Å². The average Bonchev–Trinajstić information content (AvgIpc) is 2.24. The molecule has 1 aromatic rings. The van der Waals surface area contributed by atoms with Crippen molar-refractivity contribution < 1.29 is 30.4 Å². The van der Waals surface area contributed by atoms with Gasteiger partial charge in [0.05, 0.1) is 5.56 Å². The van der Waals surface area contributed by atoms with Crippen LogP contribution in [0.1, 0.15) is 5.56 Å². The zero-order valence-electron chi connectivity index (χ0n) is 7.85. The van der Waals surface area contributed by atoms with Crippen LogP contribution < -0.4 is 5.48 Å². The van der Waals surface area contributed by atoms with Gasteiger partial charge < -0.3 is 25.5 Å². The molecule has 0 bridgehead atoms. The molecule has 0 fully saturated rings. The second-order valence-electron chi connectivity index (χ2n) is 2.71. The summed E-state index contributed by atoms with van der Waals surface area (Å²) in [5, 5.41) is 46.0. The molecule has 0 atom stereocenters. The van der Waals surface area contributed by atoms with Crippen LogP contribution in [-0.2, 0) is 11.4 Å². The molecule has 0 aliphatic heterocycles. The van der Waals surface area contributed by atoms with Gasteiger partial charge in [-0.1, -0.05) is 0 Å². The fraction of sp³-hybridized carbons (Fsp3) is 0.250. The molecule has 7 heteroatoms. The van der Waals surface area contributed by atoms with Crippen molar-refractivity contribution in [2.75, 3.05) is 7.05 Å². The number of hydrogen-bond donors (Lipinski definition) is 6. The van der Waals surface area contributed by atoms with Crippen molar-refractivity contribution in [1.29, 1.82) is 0 Å². The van der Waals surface area contributed by atoms with Gasteiger partial charge in [-0.05, 0) is 0 Å².